The Morgan fingerprint density at radius 3 is 2.30 bits per heavy atom. The Labute approximate surface area is 213 Å². The fourth-order valence-corrected chi connectivity index (χ4v) is 4.31. The number of ether oxygens (including phenoxy) is 2. The molecule has 0 spiro atoms. The summed E-state index contributed by atoms with van der Waals surface area (Å²) in [6.07, 6.45) is -3.91. The molecule has 0 aliphatic carbocycles. The van der Waals surface area contributed by atoms with Gasteiger partial charge in [0.15, 0.2) is 11.6 Å². The van der Waals surface area contributed by atoms with E-state index in [1.54, 1.807) is 6.07 Å². The zero-order chi connectivity index (χ0) is 27.3. The first-order chi connectivity index (χ1) is 17.3. The number of nitrogens with two attached hydrogens (primary N) is 1. The van der Waals surface area contributed by atoms with Crippen molar-refractivity contribution in [3.8, 4) is 22.1 Å². The normalized spacial score (nSPS) is 13.8. The Morgan fingerprint density at radius 1 is 1.03 bits per heavy atom. The van der Waals surface area contributed by atoms with Crippen molar-refractivity contribution < 1.29 is 45.9 Å². The van der Waals surface area contributed by atoms with Crippen LogP contribution in [0.5, 0.6) is 11.5 Å². The Bertz CT molecular complexity index is 1250. The largest absolute Gasteiger partial charge is 0.493 e. The van der Waals surface area contributed by atoms with Crippen molar-refractivity contribution in [2.45, 2.75) is 31.5 Å². The molecular formula is C22H24F4N3O6PS. The SMILES string of the molecule is CC(N)(COP(=O)(O)O)c1nnc(-c2ccc(OCCCCOc3ccccc3F)c(C(F)(F)F)c2)s1. The number of phosphoric ester groups is 1. The fourth-order valence-electron chi connectivity index (χ4n) is 2.99. The van der Waals surface area contributed by atoms with E-state index in [2.05, 4.69) is 14.7 Å². The first-order valence-corrected chi connectivity index (χ1v) is 13.2. The van der Waals surface area contributed by atoms with Gasteiger partial charge < -0.3 is 25.0 Å². The molecule has 0 aliphatic rings. The molecule has 0 saturated heterocycles. The molecule has 0 aliphatic heterocycles. The molecule has 1 heterocycles. The molecule has 0 amide bonds. The quantitative estimate of drug-likeness (QED) is 0.159. The third-order valence-corrected chi connectivity index (χ3v) is 6.59. The molecule has 3 rings (SSSR count). The number of para-hydroxylation sites is 1. The number of phosphoric acid groups is 1. The number of benzene rings is 2. The number of nitrogens with zero attached hydrogens (tertiary/aromatic N) is 2. The second kappa shape index (κ2) is 11.8. The molecule has 1 atom stereocenters. The van der Waals surface area contributed by atoms with Crippen LogP contribution in [0.15, 0.2) is 42.5 Å². The van der Waals surface area contributed by atoms with E-state index < -0.39 is 37.5 Å². The van der Waals surface area contributed by atoms with Crippen LogP contribution >= 0.6 is 19.2 Å². The summed E-state index contributed by atoms with van der Waals surface area (Å²) in [5.74, 6) is -0.765. The molecular weight excluding hydrogens is 541 g/mol. The summed E-state index contributed by atoms with van der Waals surface area (Å²) in [5.41, 5.74) is 3.66. The fraction of sp³-hybridized carbons (Fsp3) is 0.364. The van der Waals surface area contributed by atoms with Crippen molar-refractivity contribution in [1.82, 2.24) is 10.2 Å². The minimum absolute atomic E-state index is 0.0168. The van der Waals surface area contributed by atoms with E-state index in [9.17, 15) is 22.1 Å². The van der Waals surface area contributed by atoms with Gasteiger partial charge in [-0.2, -0.15) is 13.2 Å². The van der Waals surface area contributed by atoms with Crippen LogP contribution in [0.25, 0.3) is 10.6 Å². The summed E-state index contributed by atoms with van der Waals surface area (Å²) >= 11 is 0.866. The maximum atomic E-state index is 13.7. The topological polar surface area (TPSA) is 137 Å². The van der Waals surface area contributed by atoms with Gasteiger partial charge in [-0.15, -0.1) is 10.2 Å². The van der Waals surface area contributed by atoms with Crippen molar-refractivity contribution in [1.29, 1.82) is 0 Å². The first-order valence-electron chi connectivity index (χ1n) is 10.8. The second-order valence-corrected chi connectivity index (χ2v) is 10.4. The Balaban J connectivity index is 1.64. The summed E-state index contributed by atoms with van der Waals surface area (Å²) in [6, 6.07) is 9.34. The van der Waals surface area contributed by atoms with Crippen LogP contribution < -0.4 is 15.2 Å². The minimum Gasteiger partial charge on any atom is -0.493 e. The van der Waals surface area contributed by atoms with E-state index in [0.717, 1.165) is 17.4 Å². The van der Waals surface area contributed by atoms with Crippen LogP contribution in [0.2, 0.25) is 0 Å². The third kappa shape index (κ3) is 8.45. The van der Waals surface area contributed by atoms with Crippen molar-refractivity contribution in [2.75, 3.05) is 19.8 Å². The third-order valence-electron chi connectivity index (χ3n) is 4.87. The van der Waals surface area contributed by atoms with Crippen molar-refractivity contribution in [2.24, 2.45) is 5.73 Å². The molecule has 15 heteroatoms. The zero-order valence-corrected chi connectivity index (χ0v) is 21.2. The smallest absolute Gasteiger partial charge is 0.469 e. The van der Waals surface area contributed by atoms with Gasteiger partial charge >= 0.3 is 14.0 Å². The van der Waals surface area contributed by atoms with Crippen LogP contribution in [0, 0.1) is 5.82 Å². The summed E-state index contributed by atoms with van der Waals surface area (Å²) < 4.78 is 80.8. The molecule has 0 fully saturated rings. The van der Waals surface area contributed by atoms with Gasteiger partial charge in [0.1, 0.15) is 15.8 Å². The highest BCUT2D eigenvalue weighted by Gasteiger charge is 2.35. The van der Waals surface area contributed by atoms with Crippen molar-refractivity contribution in [3.63, 3.8) is 0 Å². The van der Waals surface area contributed by atoms with Gasteiger partial charge in [0.2, 0.25) is 0 Å². The van der Waals surface area contributed by atoms with Gasteiger partial charge in [0.05, 0.1) is 30.9 Å². The Kier molecular flexibility index (Phi) is 9.27. The van der Waals surface area contributed by atoms with E-state index in [4.69, 9.17) is 25.0 Å². The predicted octanol–water partition coefficient (Wildman–Crippen LogP) is 4.88. The average molecular weight is 565 g/mol. The first kappa shape index (κ1) is 29.0. The Morgan fingerprint density at radius 2 is 1.68 bits per heavy atom. The maximum absolute atomic E-state index is 13.7. The zero-order valence-electron chi connectivity index (χ0n) is 19.4. The van der Waals surface area contributed by atoms with E-state index in [1.807, 2.05) is 0 Å². The number of hydrogen-bond acceptors (Lipinski definition) is 8. The van der Waals surface area contributed by atoms with Crippen molar-refractivity contribution >= 4 is 19.2 Å². The molecule has 9 nitrogen and oxygen atoms in total. The molecule has 2 aromatic carbocycles. The molecule has 202 valence electrons. The lowest BCUT2D eigenvalue weighted by Crippen LogP contribution is -2.37. The monoisotopic (exact) mass is 565 g/mol. The number of alkyl halides is 3. The van der Waals surface area contributed by atoms with Crippen LogP contribution in [0.3, 0.4) is 0 Å². The van der Waals surface area contributed by atoms with E-state index in [1.165, 1.54) is 37.3 Å². The van der Waals surface area contributed by atoms with Crippen molar-refractivity contribution in [3.05, 3.63) is 58.9 Å². The molecule has 3 aromatic rings. The molecule has 4 N–H and O–H groups in total. The van der Waals surface area contributed by atoms with Gasteiger partial charge in [-0.3, -0.25) is 4.52 Å². The number of aromatic nitrogens is 2. The lowest BCUT2D eigenvalue weighted by atomic mass is 10.1. The van der Waals surface area contributed by atoms with Gasteiger partial charge in [0.25, 0.3) is 0 Å². The highest BCUT2D eigenvalue weighted by atomic mass is 32.1. The van der Waals surface area contributed by atoms with Crippen LogP contribution in [-0.4, -0.2) is 39.8 Å². The van der Waals surface area contributed by atoms with Crippen LogP contribution in [-0.2, 0) is 20.8 Å². The summed E-state index contributed by atoms with van der Waals surface area (Å²) in [5, 5.41) is 7.94. The maximum Gasteiger partial charge on any atom is 0.469 e. The molecule has 0 saturated carbocycles. The molecule has 0 radical (unpaired) electrons. The molecule has 37 heavy (non-hydrogen) atoms. The lowest BCUT2D eigenvalue weighted by molar-refractivity contribution is -0.138. The number of rotatable bonds is 12. The highest BCUT2D eigenvalue weighted by Crippen LogP contribution is 2.41. The standard InChI is InChI=1S/C22H24F4N3O6PS/c1-21(27,13-35-36(30,31)32)20-29-28-19(37-20)14-8-9-17(15(12-14)22(24,25)26)33-10-4-5-11-34-18-7-3-2-6-16(18)23/h2-3,6-9,12H,4-5,10-11,13,27H2,1H3,(H2,30,31,32). The van der Waals surface area contributed by atoms with Gasteiger partial charge in [-0.1, -0.05) is 23.5 Å². The van der Waals surface area contributed by atoms with E-state index in [-0.39, 0.29) is 40.3 Å². The van der Waals surface area contributed by atoms with Gasteiger partial charge in [-0.05, 0) is 50.1 Å². The summed E-state index contributed by atoms with van der Waals surface area (Å²) in [7, 11) is -4.78. The highest BCUT2D eigenvalue weighted by molar-refractivity contribution is 7.46. The number of unbranched alkanes of at least 4 members (excludes halogenated alkanes) is 1. The van der Waals surface area contributed by atoms with Crippen LogP contribution in [0.4, 0.5) is 17.6 Å². The molecule has 0 bridgehead atoms. The van der Waals surface area contributed by atoms with Gasteiger partial charge in [0, 0.05) is 5.56 Å². The number of hydrogen-bond donors (Lipinski definition) is 3. The lowest BCUT2D eigenvalue weighted by Gasteiger charge is -2.21. The number of halogens is 4. The Hall–Kier alpha value is -2.61. The van der Waals surface area contributed by atoms with Gasteiger partial charge in [-0.25, -0.2) is 8.96 Å². The minimum atomic E-state index is -4.78. The summed E-state index contributed by atoms with van der Waals surface area (Å²) in [4.78, 5) is 17.7. The second-order valence-electron chi connectivity index (χ2n) is 8.14. The average Bonchev–Trinajstić information content (AvgIpc) is 3.32. The van der Waals surface area contributed by atoms with E-state index in [0.29, 0.717) is 12.8 Å². The predicted molar refractivity (Wildman–Crippen MR) is 127 cm³/mol. The molecule has 1 aromatic heterocycles. The molecule has 1 unspecified atom stereocenters. The summed E-state index contributed by atoms with van der Waals surface area (Å²) in [6.45, 7) is 0.968. The van der Waals surface area contributed by atoms with Crippen LogP contribution in [0.1, 0.15) is 30.3 Å². The van der Waals surface area contributed by atoms with E-state index >= 15 is 0 Å².